The Balaban J connectivity index is 1.94. The van der Waals surface area contributed by atoms with Crippen LogP contribution in [0.5, 0.6) is 0 Å². The zero-order chi connectivity index (χ0) is 15.5. The molecule has 0 saturated heterocycles. The van der Waals surface area contributed by atoms with Gasteiger partial charge in [-0.05, 0) is 11.6 Å². The lowest BCUT2D eigenvalue weighted by molar-refractivity contribution is -0.125. The van der Waals surface area contributed by atoms with Gasteiger partial charge in [0.1, 0.15) is 11.6 Å². The fourth-order valence-electron chi connectivity index (χ4n) is 1.58. The van der Waals surface area contributed by atoms with Crippen LogP contribution in [0.25, 0.3) is 0 Å². The van der Waals surface area contributed by atoms with Crippen molar-refractivity contribution >= 4 is 0 Å². The monoisotopic (exact) mass is 307 g/mol. The Labute approximate surface area is 116 Å². The van der Waals surface area contributed by atoms with Crippen LogP contribution in [0.15, 0.2) is 22.7 Å². The molecule has 0 aliphatic carbocycles. The van der Waals surface area contributed by atoms with E-state index in [1.165, 1.54) is 6.07 Å². The first-order chi connectivity index (χ1) is 9.83. The summed E-state index contributed by atoms with van der Waals surface area (Å²) in [6, 6.07) is 3.05. The van der Waals surface area contributed by atoms with E-state index < -0.39 is 24.4 Å². The fourth-order valence-corrected chi connectivity index (χ4v) is 1.58. The molecule has 114 valence electrons. The second-order valence-corrected chi connectivity index (χ2v) is 4.24. The SMILES string of the molecule is Fc1ccc(Cc2noc(CNCC(F)(F)F)n2)c(F)c1. The first kappa shape index (κ1) is 15.4. The highest BCUT2D eigenvalue weighted by molar-refractivity contribution is 5.21. The van der Waals surface area contributed by atoms with Crippen LogP contribution in [-0.2, 0) is 13.0 Å². The van der Waals surface area contributed by atoms with Crippen molar-refractivity contribution < 1.29 is 26.5 Å². The number of halogens is 5. The predicted octanol–water partition coefficient (Wildman–Crippen LogP) is 2.59. The average molecular weight is 307 g/mol. The van der Waals surface area contributed by atoms with E-state index in [-0.39, 0.29) is 30.2 Å². The molecule has 4 nitrogen and oxygen atoms in total. The van der Waals surface area contributed by atoms with E-state index in [9.17, 15) is 22.0 Å². The molecule has 1 N–H and O–H groups in total. The van der Waals surface area contributed by atoms with Gasteiger partial charge in [0.05, 0.1) is 13.1 Å². The fraction of sp³-hybridized carbons (Fsp3) is 0.333. The number of hydrogen-bond acceptors (Lipinski definition) is 4. The molecular formula is C12H10F5N3O. The molecule has 0 atom stereocenters. The van der Waals surface area contributed by atoms with Gasteiger partial charge in [0, 0.05) is 12.5 Å². The smallest absolute Gasteiger partial charge is 0.338 e. The van der Waals surface area contributed by atoms with Crippen LogP contribution >= 0.6 is 0 Å². The molecule has 2 aromatic rings. The minimum absolute atomic E-state index is 0.0447. The van der Waals surface area contributed by atoms with Crippen molar-refractivity contribution in [2.24, 2.45) is 0 Å². The minimum atomic E-state index is -4.33. The summed E-state index contributed by atoms with van der Waals surface area (Å²) in [7, 11) is 0. The molecule has 0 bridgehead atoms. The molecule has 0 aliphatic rings. The molecule has 1 aromatic heterocycles. The van der Waals surface area contributed by atoms with Gasteiger partial charge in [-0.3, -0.25) is 0 Å². The Morgan fingerprint density at radius 1 is 1.19 bits per heavy atom. The molecule has 21 heavy (non-hydrogen) atoms. The molecule has 1 aromatic carbocycles. The molecule has 9 heteroatoms. The molecule has 0 radical (unpaired) electrons. The first-order valence-corrected chi connectivity index (χ1v) is 5.86. The van der Waals surface area contributed by atoms with Gasteiger partial charge >= 0.3 is 6.18 Å². The van der Waals surface area contributed by atoms with Gasteiger partial charge in [0.2, 0.25) is 5.89 Å². The maximum atomic E-state index is 13.4. The lowest BCUT2D eigenvalue weighted by atomic mass is 10.1. The highest BCUT2D eigenvalue weighted by Gasteiger charge is 2.26. The molecule has 0 amide bonds. The summed E-state index contributed by atoms with van der Waals surface area (Å²) in [4.78, 5) is 3.82. The summed E-state index contributed by atoms with van der Waals surface area (Å²) in [5.74, 6) is -1.40. The highest BCUT2D eigenvalue weighted by atomic mass is 19.4. The van der Waals surface area contributed by atoms with E-state index in [0.717, 1.165) is 12.1 Å². The molecular weight excluding hydrogens is 297 g/mol. The van der Waals surface area contributed by atoms with Crippen LogP contribution in [0.4, 0.5) is 22.0 Å². The van der Waals surface area contributed by atoms with E-state index in [0.29, 0.717) is 0 Å². The standard InChI is InChI=1S/C12H10F5N3O/c13-8-2-1-7(9(14)4-8)3-10-19-11(21-20-10)5-18-6-12(15,16)17/h1-2,4,18H,3,5-6H2. The first-order valence-electron chi connectivity index (χ1n) is 5.86. The van der Waals surface area contributed by atoms with E-state index in [4.69, 9.17) is 4.52 Å². The molecule has 0 fully saturated rings. The molecule has 0 unspecified atom stereocenters. The number of rotatable bonds is 5. The lowest BCUT2D eigenvalue weighted by Gasteiger charge is -2.05. The van der Waals surface area contributed by atoms with Crippen molar-refractivity contribution in [2.45, 2.75) is 19.1 Å². The number of hydrogen-bond donors (Lipinski definition) is 1. The van der Waals surface area contributed by atoms with Gasteiger partial charge in [-0.1, -0.05) is 11.2 Å². The molecule has 2 rings (SSSR count). The van der Waals surface area contributed by atoms with Gasteiger partial charge in [0.15, 0.2) is 5.82 Å². The number of nitrogens with zero attached hydrogens (tertiary/aromatic N) is 2. The highest BCUT2D eigenvalue weighted by Crippen LogP contribution is 2.14. The average Bonchev–Trinajstić information content (AvgIpc) is 2.79. The number of aromatic nitrogens is 2. The molecule has 0 spiro atoms. The second kappa shape index (κ2) is 6.17. The Morgan fingerprint density at radius 2 is 1.95 bits per heavy atom. The van der Waals surface area contributed by atoms with Crippen molar-refractivity contribution in [1.29, 1.82) is 0 Å². The van der Waals surface area contributed by atoms with Gasteiger partial charge in [-0.15, -0.1) is 0 Å². The Bertz CT molecular complexity index is 611. The normalized spacial score (nSPS) is 11.9. The van der Waals surface area contributed by atoms with Crippen LogP contribution in [0.3, 0.4) is 0 Å². The van der Waals surface area contributed by atoms with Crippen LogP contribution in [0.1, 0.15) is 17.3 Å². The quantitative estimate of drug-likeness (QED) is 0.863. The minimum Gasteiger partial charge on any atom is -0.338 e. The number of alkyl halides is 3. The van der Waals surface area contributed by atoms with Crippen molar-refractivity contribution in [3.8, 4) is 0 Å². The third-order valence-electron chi connectivity index (χ3n) is 2.48. The van der Waals surface area contributed by atoms with Crippen LogP contribution in [-0.4, -0.2) is 22.9 Å². The van der Waals surface area contributed by atoms with Crippen LogP contribution in [0.2, 0.25) is 0 Å². The van der Waals surface area contributed by atoms with E-state index >= 15 is 0 Å². The summed E-state index contributed by atoms with van der Waals surface area (Å²) in [6.45, 7) is -1.43. The molecule has 0 aliphatic heterocycles. The maximum absolute atomic E-state index is 13.4. The van der Waals surface area contributed by atoms with Gasteiger partial charge in [-0.25, -0.2) is 8.78 Å². The van der Waals surface area contributed by atoms with Crippen LogP contribution < -0.4 is 5.32 Å². The van der Waals surface area contributed by atoms with E-state index in [2.05, 4.69) is 15.5 Å². The summed E-state index contributed by atoms with van der Waals surface area (Å²) >= 11 is 0. The topological polar surface area (TPSA) is 51.0 Å². The van der Waals surface area contributed by atoms with Crippen molar-refractivity contribution in [3.63, 3.8) is 0 Å². The van der Waals surface area contributed by atoms with Crippen molar-refractivity contribution in [3.05, 3.63) is 47.1 Å². The summed E-state index contributed by atoms with van der Waals surface area (Å²) in [5.41, 5.74) is 0.159. The Kier molecular flexibility index (Phi) is 4.51. The summed E-state index contributed by atoms with van der Waals surface area (Å²) in [5, 5.41) is 5.62. The Hall–Kier alpha value is -2.03. The third-order valence-corrected chi connectivity index (χ3v) is 2.48. The van der Waals surface area contributed by atoms with E-state index in [1.54, 1.807) is 0 Å². The van der Waals surface area contributed by atoms with Crippen molar-refractivity contribution in [1.82, 2.24) is 15.5 Å². The van der Waals surface area contributed by atoms with Gasteiger partial charge < -0.3 is 9.84 Å². The predicted molar refractivity (Wildman–Crippen MR) is 61.2 cm³/mol. The van der Waals surface area contributed by atoms with E-state index in [1.807, 2.05) is 0 Å². The number of nitrogens with one attached hydrogen (secondary N) is 1. The zero-order valence-corrected chi connectivity index (χ0v) is 10.5. The molecule has 0 saturated carbocycles. The largest absolute Gasteiger partial charge is 0.401 e. The maximum Gasteiger partial charge on any atom is 0.401 e. The van der Waals surface area contributed by atoms with Crippen molar-refractivity contribution in [2.75, 3.05) is 6.54 Å². The summed E-state index contributed by atoms with van der Waals surface area (Å²) in [6.07, 6.45) is -4.38. The number of benzene rings is 1. The van der Waals surface area contributed by atoms with Gasteiger partial charge in [0.25, 0.3) is 0 Å². The third kappa shape index (κ3) is 4.78. The lowest BCUT2D eigenvalue weighted by Crippen LogP contribution is -2.28. The molecule has 1 heterocycles. The zero-order valence-electron chi connectivity index (χ0n) is 10.5. The van der Waals surface area contributed by atoms with Gasteiger partial charge in [-0.2, -0.15) is 18.2 Å². The van der Waals surface area contributed by atoms with Crippen LogP contribution in [0, 0.1) is 11.6 Å². The summed E-state index contributed by atoms with van der Waals surface area (Å²) < 4.78 is 66.7. The second-order valence-electron chi connectivity index (χ2n) is 4.24. The Morgan fingerprint density at radius 3 is 2.62 bits per heavy atom.